The molecule has 0 bridgehead atoms. The SMILES string of the molecule is CC1CCCC(CCn2c(CCl)nc3c(Cl)cccc32)C1. The molecule has 0 saturated heterocycles. The van der Waals surface area contributed by atoms with E-state index in [1.54, 1.807) is 0 Å². The van der Waals surface area contributed by atoms with Gasteiger partial charge in [0.15, 0.2) is 0 Å². The van der Waals surface area contributed by atoms with E-state index in [2.05, 4.69) is 22.5 Å². The van der Waals surface area contributed by atoms with Gasteiger partial charge in [-0.2, -0.15) is 0 Å². The first-order chi connectivity index (χ1) is 10.2. The third-order valence-corrected chi connectivity index (χ3v) is 5.28. The monoisotopic (exact) mass is 324 g/mol. The van der Waals surface area contributed by atoms with E-state index in [1.807, 2.05) is 12.1 Å². The number of nitrogens with zero attached hydrogens (tertiary/aromatic N) is 2. The number of rotatable bonds is 4. The maximum Gasteiger partial charge on any atom is 0.124 e. The number of aryl methyl sites for hydroxylation is 1. The maximum atomic E-state index is 6.25. The van der Waals surface area contributed by atoms with Crippen molar-refractivity contribution in [3.05, 3.63) is 29.0 Å². The molecule has 1 saturated carbocycles. The van der Waals surface area contributed by atoms with Gasteiger partial charge in [0, 0.05) is 6.54 Å². The number of halogens is 2. The Kier molecular flexibility index (Phi) is 4.75. The summed E-state index contributed by atoms with van der Waals surface area (Å²) in [4.78, 5) is 4.61. The lowest BCUT2D eigenvalue weighted by Gasteiger charge is -2.27. The Morgan fingerprint density at radius 3 is 2.95 bits per heavy atom. The van der Waals surface area contributed by atoms with Crippen LogP contribution in [0.2, 0.25) is 5.02 Å². The highest BCUT2D eigenvalue weighted by atomic mass is 35.5. The van der Waals surface area contributed by atoms with E-state index in [0.717, 1.165) is 35.2 Å². The van der Waals surface area contributed by atoms with Crippen LogP contribution in [0.25, 0.3) is 11.0 Å². The van der Waals surface area contributed by atoms with Crippen LogP contribution in [0.15, 0.2) is 18.2 Å². The smallest absolute Gasteiger partial charge is 0.124 e. The highest BCUT2D eigenvalue weighted by Crippen LogP contribution is 2.32. The summed E-state index contributed by atoms with van der Waals surface area (Å²) in [5, 5.41) is 0.712. The minimum absolute atomic E-state index is 0.437. The topological polar surface area (TPSA) is 17.8 Å². The molecule has 1 aromatic carbocycles. The first kappa shape index (κ1) is 15.2. The molecule has 1 aliphatic carbocycles. The van der Waals surface area contributed by atoms with Crippen LogP contribution in [0.4, 0.5) is 0 Å². The van der Waals surface area contributed by atoms with Crippen LogP contribution < -0.4 is 0 Å². The number of fused-ring (bicyclic) bond motifs is 1. The van der Waals surface area contributed by atoms with Crippen LogP contribution in [-0.4, -0.2) is 9.55 Å². The Morgan fingerprint density at radius 1 is 1.33 bits per heavy atom. The zero-order valence-electron chi connectivity index (χ0n) is 12.5. The number of para-hydroxylation sites is 1. The number of alkyl halides is 1. The number of hydrogen-bond acceptors (Lipinski definition) is 1. The molecule has 3 rings (SSSR count). The molecule has 0 radical (unpaired) electrons. The zero-order valence-corrected chi connectivity index (χ0v) is 14.0. The van der Waals surface area contributed by atoms with Gasteiger partial charge in [0.2, 0.25) is 0 Å². The summed E-state index contributed by atoms with van der Waals surface area (Å²) in [5.74, 6) is 3.09. The highest BCUT2D eigenvalue weighted by molar-refractivity contribution is 6.35. The zero-order chi connectivity index (χ0) is 14.8. The van der Waals surface area contributed by atoms with Crippen LogP contribution in [0, 0.1) is 11.8 Å². The van der Waals surface area contributed by atoms with Crippen molar-refractivity contribution < 1.29 is 0 Å². The third-order valence-electron chi connectivity index (χ3n) is 4.73. The van der Waals surface area contributed by atoms with Gasteiger partial charge in [0.05, 0.1) is 16.4 Å². The van der Waals surface area contributed by atoms with E-state index in [-0.39, 0.29) is 0 Å². The number of benzene rings is 1. The van der Waals surface area contributed by atoms with Crippen molar-refractivity contribution in [1.82, 2.24) is 9.55 Å². The van der Waals surface area contributed by atoms with Gasteiger partial charge in [0.25, 0.3) is 0 Å². The van der Waals surface area contributed by atoms with E-state index in [9.17, 15) is 0 Å². The molecule has 2 atom stereocenters. The number of hydrogen-bond donors (Lipinski definition) is 0. The summed E-state index contributed by atoms with van der Waals surface area (Å²) < 4.78 is 2.26. The predicted molar refractivity (Wildman–Crippen MR) is 90.0 cm³/mol. The van der Waals surface area contributed by atoms with Crippen molar-refractivity contribution in [2.75, 3.05) is 0 Å². The molecule has 1 heterocycles. The van der Waals surface area contributed by atoms with Gasteiger partial charge in [-0.1, -0.05) is 43.9 Å². The Labute approximate surface area is 136 Å². The lowest BCUT2D eigenvalue weighted by molar-refractivity contribution is 0.261. The Bertz CT molecular complexity index is 621. The molecule has 2 nitrogen and oxygen atoms in total. The molecule has 4 heteroatoms. The largest absolute Gasteiger partial charge is 0.327 e. The van der Waals surface area contributed by atoms with Crippen molar-refractivity contribution in [3.8, 4) is 0 Å². The Morgan fingerprint density at radius 2 is 2.19 bits per heavy atom. The summed E-state index contributed by atoms with van der Waals surface area (Å²) in [6.45, 7) is 3.37. The molecule has 0 aliphatic heterocycles. The second-order valence-corrected chi connectivity index (χ2v) is 7.02. The Balaban J connectivity index is 1.81. The first-order valence-corrected chi connectivity index (χ1v) is 8.80. The summed E-state index contributed by atoms with van der Waals surface area (Å²) in [5.41, 5.74) is 1.99. The predicted octanol–water partition coefficient (Wildman–Crippen LogP) is 5.64. The molecular formula is C17H22Cl2N2. The number of aromatic nitrogens is 2. The van der Waals surface area contributed by atoms with Crippen molar-refractivity contribution in [1.29, 1.82) is 0 Å². The molecule has 0 amide bonds. The summed E-state index contributed by atoms with van der Waals surface area (Å²) in [6.07, 6.45) is 6.72. The van der Waals surface area contributed by atoms with E-state index < -0.39 is 0 Å². The van der Waals surface area contributed by atoms with Crippen molar-refractivity contribution in [2.45, 2.75) is 51.5 Å². The molecule has 0 spiro atoms. The normalized spacial score (nSPS) is 22.8. The maximum absolute atomic E-state index is 6.25. The standard InChI is InChI=1S/C17H22Cl2N2/c1-12-4-2-5-13(10-12)8-9-21-15-7-3-6-14(19)17(15)20-16(21)11-18/h3,6-7,12-13H,2,4-5,8-11H2,1H3. The lowest BCUT2D eigenvalue weighted by atomic mass is 9.81. The Hall–Kier alpha value is -0.730. The minimum Gasteiger partial charge on any atom is -0.327 e. The van der Waals surface area contributed by atoms with Crippen molar-refractivity contribution in [3.63, 3.8) is 0 Å². The average molecular weight is 325 g/mol. The fraction of sp³-hybridized carbons (Fsp3) is 0.588. The minimum atomic E-state index is 0.437. The molecule has 21 heavy (non-hydrogen) atoms. The highest BCUT2D eigenvalue weighted by Gasteiger charge is 2.20. The molecule has 114 valence electrons. The molecule has 1 fully saturated rings. The molecule has 1 aliphatic rings. The quantitative estimate of drug-likeness (QED) is 0.665. The fourth-order valence-electron chi connectivity index (χ4n) is 3.65. The van der Waals surface area contributed by atoms with E-state index in [4.69, 9.17) is 23.2 Å². The fourth-order valence-corrected chi connectivity index (χ4v) is 4.06. The summed E-state index contributed by atoms with van der Waals surface area (Å²) >= 11 is 12.3. The average Bonchev–Trinajstić information content (AvgIpc) is 2.84. The van der Waals surface area contributed by atoms with Crippen LogP contribution >= 0.6 is 23.2 Å². The van der Waals surface area contributed by atoms with Gasteiger partial charge in [-0.25, -0.2) is 4.98 Å². The van der Waals surface area contributed by atoms with Crippen LogP contribution in [0.1, 0.15) is 44.9 Å². The van der Waals surface area contributed by atoms with Crippen molar-refractivity contribution >= 4 is 34.2 Å². The van der Waals surface area contributed by atoms with Gasteiger partial charge in [-0.3, -0.25) is 0 Å². The molecule has 2 aromatic rings. The summed E-state index contributed by atoms with van der Waals surface area (Å²) in [6, 6.07) is 5.97. The third kappa shape index (κ3) is 3.22. The molecule has 0 N–H and O–H groups in total. The molecule has 2 unspecified atom stereocenters. The van der Waals surface area contributed by atoms with E-state index in [1.165, 1.54) is 32.1 Å². The molecular weight excluding hydrogens is 303 g/mol. The lowest BCUT2D eigenvalue weighted by Crippen LogP contribution is -2.16. The first-order valence-electron chi connectivity index (χ1n) is 7.88. The van der Waals surface area contributed by atoms with Crippen LogP contribution in [-0.2, 0) is 12.4 Å². The second kappa shape index (κ2) is 6.58. The van der Waals surface area contributed by atoms with Crippen LogP contribution in [0.5, 0.6) is 0 Å². The molecule has 1 aromatic heterocycles. The van der Waals surface area contributed by atoms with Gasteiger partial charge in [-0.15, -0.1) is 11.6 Å². The number of imidazole rings is 1. The second-order valence-electron chi connectivity index (χ2n) is 6.35. The van der Waals surface area contributed by atoms with Crippen LogP contribution in [0.3, 0.4) is 0 Å². The van der Waals surface area contributed by atoms with Gasteiger partial charge >= 0.3 is 0 Å². The summed E-state index contributed by atoms with van der Waals surface area (Å²) in [7, 11) is 0. The van der Waals surface area contributed by atoms with Gasteiger partial charge in [-0.05, 0) is 36.8 Å². The van der Waals surface area contributed by atoms with Gasteiger partial charge < -0.3 is 4.57 Å². The van der Waals surface area contributed by atoms with Crippen molar-refractivity contribution in [2.24, 2.45) is 11.8 Å². The van der Waals surface area contributed by atoms with Gasteiger partial charge in [0.1, 0.15) is 11.3 Å². The van der Waals surface area contributed by atoms with E-state index in [0.29, 0.717) is 10.9 Å². The van der Waals surface area contributed by atoms with E-state index >= 15 is 0 Å².